The van der Waals surface area contributed by atoms with Crippen LogP contribution in [0.25, 0.3) is 0 Å². The van der Waals surface area contributed by atoms with E-state index in [1.54, 1.807) is 0 Å². The van der Waals surface area contributed by atoms with Crippen molar-refractivity contribution in [2.45, 2.75) is 6.92 Å². The van der Waals surface area contributed by atoms with Gasteiger partial charge in [-0.05, 0) is 7.05 Å². The molecule has 1 aliphatic rings. The maximum Gasteiger partial charge on any atom is 0.303 e. The molecular formula is C11H18N2O2. The van der Waals surface area contributed by atoms with E-state index in [9.17, 15) is 4.79 Å². The molecule has 15 heavy (non-hydrogen) atoms. The molecule has 0 spiro atoms. The van der Waals surface area contributed by atoms with Gasteiger partial charge >= 0.3 is 5.97 Å². The van der Waals surface area contributed by atoms with Gasteiger partial charge in [0.15, 0.2) is 6.61 Å². The molecule has 1 heterocycles. The molecule has 0 unspecified atom stereocenters. The number of likely N-dealkylation sites (N-methyl/N-ethyl adjacent to an activating group) is 1. The van der Waals surface area contributed by atoms with E-state index in [-0.39, 0.29) is 12.6 Å². The van der Waals surface area contributed by atoms with Gasteiger partial charge in [0.25, 0.3) is 0 Å². The number of carbonyl (C=O) groups excluding carboxylic acids is 1. The van der Waals surface area contributed by atoms with Crippen LogP contribution < -0.4 is 0 Å². The Balaban J connectivity index is 2.11. The van der Waals surface area contributed by atoms with E-state index in [0.29, 0.717) is 0 Å². The van der Waals surface area contributed by atoms with Crippen molar-refractivity contribution in [2.75, 3.05) is 46.4 Å². The van der Waals surface area contributed by atoms with Crippen LogP contribution in [-0.2, 0) is 9.53 Å². The lowest BCUT2D eigenvalue weighted by molar-refractivity contribution is -0.139. The third kappa shape index (κ3) is 5.40. The summed E-state index contributed by atoms with van der Waals surface area (Å²) >= 11 is 0. The molecule has 84 valence electrons. The second kappa shape index (κ2) is 6.44. The van der Waals surface area contributed by atoms with E-state index in [1.807, 2.05) is 0 Å². The molecule has 1 rings (SSSR count). The number of rotatable bonds is 2. The number of hydrogen-bond donors (Lipinski definition) is 0. The lowest BCUT2D eigenvalue weighted by Crippen LogP contribution is -2.44. The average molecular weight is 210 g/mol. The summed E-state index contributed by atoms with van der Waals surface area (Å²) < 4.78 is 4.71. The summed E-state index contributed by atoms with van der Waals surface area (Å²) in [5.74, 6) is 5.56. The third-order valence-electron chi connectivity index (χ3n) is 2.37. The summed E-state index contributed by atoms with van der Waals surface area (Å²) in [7, 11) is 2.13. The molecule has 0 amide bonds. The van der Waals surface area contributed by atoms with Crippen molar-refractivity contribution in [2.24, 2.45) is 0 Å². The molecule has 1 aliphatic heterocycles. The monoisotopic (exact) mass is 210 g/mol. The maximum atomic E-state index is 10.4. The first-order chi connectivity index (χ1) is 7.18. The number of carbonyl (C=O) groups is 1. The summed E-state index contributed by atoms with van der Waals surface area (Å²) in [4.78, 5) is 15.1. The van der Waals surface area contributed by atoms with Crippen LogP contribution in [-0.4, -0.2) is 62.1 Å². The van der Waals surface area contributed by atoms with Crippen molar-refractivity contribution in [1.29, 1.82) is 0 Å². The molecule has 0 saturated carbocycles. The zero-order valence-corrected chi connectivity index (χ0v) is 9.45. The number of esters is 1. The van der Waals surface area contributed by atoms with E-state index in [2.05, 4.69) is 28.7 Å². The van der Waals surface area contributed by atoms with Crippen molar-refractivity contribution in [3.8, 4) is 11.8 Å². The fraction of sp³-hybridized carbons (Fsp3) is 0.727. The maximum absolute atomic E-state index is 10.4. The lowest BCUT2D eigenvalue weighted by Gasteiger charge is -2.30. The first-order valence-electron chi connectivity index (χ1n) is 5.18. The Morgan fingerprint density at radius 3 is 2.53 bits per heavy atom. The van der Waals surface area contributed by atoms with Gasteiger partial charge in [-0.3, -0.25) is 9.69 Å². The number of hydrogen-bond acceptors (Lipinski definition) is 4. The second-order valence-corrected chi connectivity index (χ2v) is 3.71. The van der Waals surface area contributed by atoms with Gasteiger partial charge in [-0.1, -0.05) is 11.8 Å². The van der Waals surface area contributed by atoms with Gasteiger partial charge in [-0.2, -0.15) is 0 Å². The molecule has 1 fully saturated rings. The van der Waals surface area contributed by atoms with Crippen LogP contribution >= 0.6 is 0 Å². The minimum atomic E-state index is -0.274. The van der Waals surface area contributed by atoms with Gasteiger partial charge in [0.2, 0.25) is 0 Å². The Hall–Kier alpha value is -1.05. The Kier molecular flexibility index (Phi) is 5.16. The minimum absolute atomic E-state index is 0.211. The Morgan fingerprint density at radius 2 is 1.93 bits per heavy atom. The molecule has 0 aromatic carbocycles. The highest BCUT2D eigenvalue weighted by Crippen LogP contribution is 1.97. The zero-order valence-electron chi connectivity index (χ0n) is 9.45. The molecule has 0 atom stereocenters. The molecule has 0 aliphatic carbocycles. The topological polar surface area (TPSA) is 32.8 Å². The van der Waals surface area contributed by atoms with Crippen molar-refractivity contribution in [3.63, 3.8) is 0 Å². The highest BCUT2D eigenvalue weighted by Gasteiger charge is 2.11. The minimum Gasteiger partial charge on any atom is -0.453 e. The number of ether oxygens (including phenoxy) is 1. The van der Waals surface area contributed by atoms with Crippen LogP contribution in [0.4, 0.5) is 0 Å². The van der Waals surface area contributed by atoms with Gasteiger partial charge in [-0.25, -0.2) is 0 Å². The molecule has 0 N–H and O–H groups in total. The Bertz CT molecular complexity index is 259. The molecule has 0 bridgehead atoms. The van der Waals surface area contributed by atoms with Gasteiger partial charge in [-0.15, -0.1) is 0 Å². The predicted octanol–water partition coefficient (Wildman–Crippen LogP) is -0.200. The number of piperazine rings is 1. The van der Waals surface area contributed by atoms with Gasteiger partial charge in [0.1, 0.15) is 0 Å². The SMILES string of the molecule is CC(=O)OCC#CCN1CCN(C)CC1. The molecular weight excluding hydrogens is 192 g/mol. The molecule has 4 heteroatoms. The molecule has 0 aromatic heterocycles. The van der Waals surface area contributed by atoms with Crippen molar-refractivity contribution in [3.05, 3.63) is 0 Å². The largest absolute Gasteiger partial charge is 0.453 e. The molecule has 0 radical (unpaired) electrons. The Labute approximate surface area is 91.2 Å². The van der Waals surface area contributed by atoms with Crippen LogP contribution in [0, 0.1) is 11.8 Å². The van der Waals surface area contributed by atoms with Gasteiger partial charge in [0, 0.05) is 33.1 Å². The summed E-state index contributed by atoms with van der Waals surface area (Å²) in [6, 6.07) is 0. The van der Waals surface area contributed by atoms with Gasteiger partial charge < -0.3 is 9.64 Å². The quantitative estimate of drug-likeness (QED) is 0.467. The van der Waals surface area contributed by atoms with E-state index >= 15 is 0 Å². The predicted molar refractivity (Wildman–Crippen MR) is 58.3 cm³/mol. The summed E-state index contributed by atoms with van der Waals surface area (Å²) in [5, 5.41) is 0. The van der Waals surface area contributed by atoms with Crippen LogP contribution in [0.3, 0.4) is 0 Å². The van der Waals surface area contributed by atoms with Crippen LogP contribution in [0.2, 0.25) is 0 Å². The Morgan fingerprint density at radius 1 is 1.27 bits per heavy atom. The van der Waals surface area contributed by atoms with Crippen molar-refractivity contribution < 1.29 is 9.53 Å². The standard InChI is InChI=1S/C11H18N2O2/c1-11(14)15-10-4-3-5-13-8-6-12(2)7-9-13/h5-10H2,1-2H3. The molecule has 4 nitrogen and oxygen atoms in total. The lowest BCUT2D eigenvalue weighted by atomic mass is 10.3. The van der Waals surface area contributed by atoms with Crippen LogP contribution in [0.1, 0.15) is 6.92 Å². The first kappa shape index (κ1) is 12.0. The summed E-state index contributed by atoms with van der Waals surface area (Å²) in [6.07, 6.45) is 0. The van der Waals surface area contributed by atoms with Gasteiger partial charge in [0.05, 0.1) is 6.54 Å². The summed E-state index contributed by atoms with van der Waals surface area (Å²) in [6.45, 7) is 6.72. The molecule has 0 aromatic rings. The number of nitrogens with zero attached hydrogens (tertiary/aromatic N) is 2. The fourth-order valence-corrected chi connectivity index (χ4v) is 1.36. The van der Waals surface area contributed by atoms with Crippen molar-refractivity contribution in [1.82, 2.24) is 9.80 Å². The fourth-order valence-electron chi connectivity index (χ4n) is 1.36. The van der Waals surface area contributed by atoms with E-state index < -0.39 is 0 Å². The highest BCUT2D eigenvalue weighted by atomic mass is 16.5. The van der Waals surface area contributed by atoms with E-state index in [1.165, 1.54) is 6.92 Å². The van der Waals surface area contributed by atoms with E-state index in [0.717, 1.165) is 32.7 Å². The van der Waals surface area contributed by atoms with Crippen LogP contribution in [0.15, 0.2) is 0 Å². The van der Waals surface area contributed by atoms with Crippen LogP contribution in [0.5, 0.6) is 0 Å². The third-order valence-corrected chi connectivity index (χ3v) is 2.37. The second-order valence-electron chi connectivity index (χ2n) is 3.71. The normalized spacial score (nSPS) is 18.0. The van der Waals surface area contributed by atoms with E-state index in [4.69, 9.17) is 4.74 Å². The molecule has 1 saturated heterocycles. The average Bonchev–Trinajstić information content (AvgIpc) is 2.20. The van der Waals surface area contributed by atoms with Crippen molar-refractivity contribution >= 4 is 5.97 Å². The highest BCUT2D eigenvalue weighted by molar-refractivity contribution is 5.66. The zero-order chi connectivity index (χ0) is 11.1. The first-order valence-corrected chi connectivity index (χ1v) is 5.18. The summed E-state index contributed by atoms with van der Waals surface area (Å²) in [5.41, 5.74) is 0. The smallest absolute Gasteiger partial charge is 0.303 e.